The minimum absolute atomic E-state index is 0.563. The van der Waals surface area contributed by atoms with Crippen LogP contribution in [0.15, 0.2) is 0 Å². The largest absolute Gasteiger partial charge is 0.480 e. The second-order valence-corrected chi connectivity index (χ2v) is 2.38. The average Bonchev–Trinajstić information content (AvgIpc) is 2.29. The van der Waals surface area contributed by atoms with E-state index in [1.807, 2.05) is 0 Å². The highest BCUT2D eigenvalue weighted by Gasteiger charge is 1.99. The molecule has 0 aliphatic carbocycles. The van der Waals surface area contributed by atoms with Crippen LogP contribution in [0.3, 0.4) is 0 Å². The molecule has 112 valence electrons. The highest BCUT2D eigenvalue weighted by molar-refractivity contribution is 5.70. The molecule has 0 aromatic heterocycles. The van der Waals surface area contributed by atoms with Gasteiger partial charge in [-0.2, -0.15) is 0 Å². The van der Waals surface area contributed by atoms with Crippen molar-refractivity contribution >= 4 is 23.9 Å². The van der Waals surface area contributed by atoms with E-state index in [2.05, 4.69) is 4.74 Å². The number of aliphatic hydroxyl groups is 2. The zero-order valence-corrected chi connectivity index (χ0v) is 9.55. The molecule has 0 aromatic carbocycles. The summed E-state index contributed by atoms with van der Waals surface area (Å²) in [7, 11) is 0. The van der Waals surface area contributed by atoms with Crippen molar-refractivity contribution in [2.75, 3.05) is 26.4 Å². The van der Waals surface area contributed by atoms with Gasteiger partial charge in [0.2, 0.25) is 0 Å². The van der Waals surface area contributed by atoms with Crippen LogP contribution in [0.1, 0.15) is 0 Å². The molecule has 0 atom stereocenters. The number of carboxylic acids is 4. The van der Waals surface area contributed by atoms with Crippen molar-refractivity contribution in [3.63, 3.8) is 0 Å². The molecule has 0 aromatic rings. The number of carbonyl (C=O) groups is 4. The highest BCUT2D eigenvalue weighted by atomic mass is 16.5. The fourth-order valence-electron chi connectivity index (χ4n) is 0.226. The van der Waals surface area contributed by atoms with Crippen LogP contribution in [0.5, 0.6) is 0 Å². The van der Waals surface area contributed by atoms with Crippen LogP contribution < -0.4 is 0 Å². The Morgan fingerprint density at radius 1 is 0.632 bits per heavy atom. The first-order valence-electron chi connectivity index (χ1n) is 4.33. The van der Waals surface area contributed by atoms with Crippen LogP contribution in [0.25, 0.3) is 0 Å². The number of hydrogen-bond donors (Lipinski definition) is 6. The van der Waals surface area contributed by atoms with Gasteiger partial charge in [-0.05, 0) is 0 Å². The molecule has 0 unspecified atom stereocenters. The minimum Gasteiger partial charge on any atom is -0.480 e. The van der Waals surface area contributed by atoms with Gasteiger partial charge in [-0.3, -0.25) is 0 Å². The zero-order chi connectivity index (χ0) is 15.8. The fraction of sp³-hybridized carbons (Fsp3) is 0.500. The Hall–Kier alpha value is -2.24. The molecule has 0 aliphatic heterocycles. The third-order valence-corrected chi connectivity index (χ3v) is 0.722. The van der Waals surface area contributed by atoms with Crippen LogP contribution in [-0.4, -0.2) is 80.9 Å². The molecule has 19 heavy (non-hydrogen) atoms. The Kier molecular flexibility index (Phi) is 18.2. The molecule has 0 rings (SSSR count). The van der Waals surface area contributed by atoms with Crippen molar-refractivity contribution in [2.45, 2.75) is 0 Å². The van der Waals surface area contributed by atoms with Crippen LogP contribution in [0, 0.1) is 0 Å². The number of ether oxygens (including phenoxy) is 1. The number of aliphatic carboxylic acids is 4. The molecule has 0 fully saturated rings. The zero-order valence-electron chi connectivity index (χ0n) is 9.55. The van der Waals surface area contributed by atoms with Crippen LogP contribution in [0.4, 0.5) is 0 Å². The summed E-state index contributed by atoms with van der Waals surface area (Å²) in [6.07, 6.45) is 0. The number of aliphatic hydroxyl groups excluding tert-OH is 2. The first kappa shape index (κ1) is 22.0. The Balaban J connectivity index is -0.000000219. The molecular weight excluding hydrogens is 272 g/mol. The number of hydrogen-bond acceptors (Lipinski definition) is 7. The van der Waals surface area contributed by atoms with Crippen molar-refractivity contribution in [1.29, 1.82) is 0 Å². The van der Waals surface area contributed by atoms with E-state index in [4.69, 9.17) is 40.2 Å². The molecule has 0 amide bonds. The predicted molar refractivity (Wildman–Crippen MR) is 55.5 cm³/mol. The van der Waals surface area contributed by atoms with Crippen LogP contribution in [-0.2, 0) is 23.9 Å². The maximum Gasteiger partial charge on any atom is 0.329 e. The summed E-state index contributed by atoms with van der Waals surface area (Å²) in [5.41, 5.74) is 0. The fourth-order valence-corrected chi connectivity index (χ4v) is 0.226. The van der Waals surface area contributed by atoms with E-state index in [1.54, 1.807) is 0 Å². The first-order chi connectivity index (χ1) is 8.67. The maximum atomic E-state index is 9.66. The monoisotopic (exact) mass is 286 g/mol. The third kappa shape index (κ3) is 49.6. The van der Waals surface area contributed by atoms with Crippen LogP contribution in [0.2, 0.25) is 0 Å². The lowest BCUT2D eigenvalue weighted by molar-refractivity contribution is -0.148. The van der Waals surface area contributed by atoms with E-state index in [0.717, 1.165) is 0 Å². The van der Waals surface area contributed by atoms with E-state index >= 15 is 0 Å². The minimum atomic E-state index is -1.19. The average molecular weight is 286 g/mol. The van der Waals surface area contributed by atoms with Gasteiger partial charge in [0.1, 0.15) is 26.4 Å². The molecule has 6 N–H and O–H groups in total. The number of rotatable bonds is 6. The number of carboxylic acid groups (broad SMARTS) is 4. The molecule has 0 saturated carbocycles. The van der Waals surface area contributed by atoms with Gasteiger partial charge in [-0.1, -0.05) is 0 Å². The van der Waals surface area contributed by atoms with Gasteiger partial charge < -0.3 is 35.4 Å². The summed E-state index contributed by atoms with van der Waals surface area (Å²) in [5, 5.41) is 45.8. The topological polar surface area (TPSA) is 199 Å². The van der Waals surface area contributed by atoms with E-state index in [0.29, 0.717) is 0 Å². The van der Waals surface area contributed by atoms with Crippen LogP contribution >= 0.6 is 0 Å². The van der Waals surface area contributed by atoms with E-state index in [-0.39, 0.29) is 0 Å². The molecule has 0 radical (unpaired) electrons. The Morgan fingerprint density at radius 2 is 0.842 bits per heavy atom. The Labute approximate surface area is 106 Å². The molecule has 0 heterocycles. The smallest absolute Gasteiger partial charge is 0.329 e. The lowest BCUT2D eigenvalue weighted by Gasteiger charge is -1.92. The van der Waals surface area contributed by atoms with Crippen molar-refractivity contribution in [2.24, 2.45) is 0 Å². The summed E-state index contributed by atoms with van der Waals surface area (Å²) in [4.78, 5) is 37.6. The molecule has 11 nitrogen and oxygen atoms in total. The molecule has 0 saturated heterocycles. The van der Waals surface area contributed by atoms with E-state index < -0.39 is 50.3 Å². The quantitative estimate of drug-likeness (QED) is 0.296. The summed E-state index contributed by atoms with van der Waals surface area (Å²) < 4.78 is 4.16. The van der Waals surface area contributed by atoms with Gasteiger partial charge in [0.05, 0.1) is 0 Å². The second kappa shape index (κ2) is 15.8. The lowest BCUT2D eigenvalue weighted by Crippen LogP contribution is -2.13. The molecule has 0 aliphatic rings. The third-order valence-electron chi connectivity index (χ3n) is 0.722. The van der Waals surface area contributed by atoms with Crippen molar-refractivity contribution in [1.82, 2.24) is 0 Å². The molecule has 11 heteroatoms. The SMILES string of the molecule is O=C(O)CO.O=C(O)CO.O=C(O)COCC(=O)O. The second-order valence-electron chi connectivity index (χ2n) is 2.38. The predicted octanol–water partition coefficient (Wildman–Crippen LogP) is -2.70. The van der Waals surface area contributed by atoms with Gasteiger partial charge in [0.25, 0.3) is 0 Å². The summed E-state index contributed by atoms with van der Waals surface area (Å²) in [5.74, 6) is -4.72. The molecule has 0 bridgehead atoms. The summed E-state index contributed by atoms with van der Waals surface area (Å²) in [6, 6.07) is 0. The Morgan fingerprint density at radius 3 is 0.947 bits per heavy atom. The van der Waals surface area contributed by atoms with Gasteiger partial charge in [0.15, 0.2) is 0 Å². The highest BCUT2D eigenvalue weighted by Crippen LogP contribution is 1.73. The normalized spacial score (nSPS) is 8.11. The van der Waals surface area contributed by atoms with Gasteiger partial charge in [0, 0.05) is 0 Å². The van der Waals surface area contributed by atoms with Crippen molar-refractivity contribution in [3.05, 3.63) is 0 Å². The lowest BCUT2D eigenvalue weighted by atomic mass is 10.7. The van der Waals surface area contributed by atoms with E-state index in [1.165, 1.54) is 0 Å². The van der Waals surface area contributed by atoms with Gasteiger partial charge in [-0.25, -0.2) is 19.2 Å². The summed E-state index contributed by atoms with van der Waals surface area (Å²) >= 11 is 0. The molecule has 0 spiro atoms. The van der Waals surface area contributed by atoms with Crippen molar-refractivity contribution in [3.8, 4) is 0 Å². The maximum absolute atomic E-state index is 9.66. The first-order valence-corrected chi connectivity index (χ1v) is 4.33. The van der Waals surface area contributed by atoms with Crippen molar-refractivity contribution < 1.29 is 54.6 Å². The standard InChI is InChI=1S/C4H6O5.2C2H4O3/c5-3(6)1-9-2-4(7)8;2*3-1-2(4)5/h1-2H2,(H,5,6)(H,7,8);2*3H,1H2,(H,4,5). The Bertz CT molecular complexity index is 256. The van der Waals surface area contributed by atoms with Gasteiger partial charge >= 0.3 is 23.9 Å². The summed E-state index contributed by atoms with van der Waals surface area (Å²) in [6.45, 7) is -2.68. The molecular formula is C8H14O11. The van der Waals surface area contributed by atoms with Gasteiger partial charge in [-0.15, -0.1) is 0 Å². The van der Waals surface area contributed by atoms with E-state index in [9.17, 15) is 9.59 Å².